The molecule has 1 aromatic carbocycles. The van der Waals surface area contributed by atoms with E-state index in [0.29, 0.717) is 65.2 Å². The van der Waals surface area contributed by atoms with Gasteiger partial charge in [0.2, 0.25) is 0 Å². The van der Waals surface area contributed by atoms with Crippen LogP contribution in [0, 0.1) is 5.92 Å². The Balaban J connectivity index is 1.60. The number of methoxy groups -OCH3 is 1. The van der Waals surface area contributed by atoms with Crippen LogP contribution in [0.3, 0.4) is 0 Å². The van der Waals surface area contributed by atoms with Crippen LogP contribution in [0.2, 0.25) is 5.02 Å². The molecule has 3 aromatic rings. The van der Waals surface area contributed by atoms with E-state index in [2.05, 4.69) is 39.4 Å². The van der Waals surface area contributed by atoms with Gasteiger partial charge in [0, 0.05) is 0 Å². The summed E-state index contributed by atoms with van der Waals surface area (Å²) in [7, 11) is -1.09. The molecule has 1 fully saturated rings. The maximum atomic E-state index is 11.7. The van der Waals surface area contributed by atoms with Crippen LogP contribution in [0.15, 0.2) is 24.4 Å². The molecule has 1 aliphatic heterocycles. The van der Waals surface area contributed by atoms with Crippen molar-refractivity contribution in [1.29, 1.82) is 0 Å². The topological polar surface area (TPSA) is 115 Å². The summed E-state index contributed by atoms with van der Waals surface area (Å²) < 4.78 is 5.64. The number of fused-ring (bicyclic) bond motifs is 1. The molecule has 1 amide bonds. The van der Waals surface area contributed by atoms with Crippen molar-refractivity contribution in [3.8, 4) is 5.75 Å². The number of carbonyl (C=O) groups is 1. The van der Waals surface area contributed by atoms with E-state index < -0.39 is 7.49 Å². The number of aromatic amines is 1. The Morgan fingerprint density at radius 2 is 2.06 bits per heavy atom. The summed E-state index contributed by atoms with van der Waals surface area (Å²) in [6, 6.07) is 5.70. The average molecular weight is 507 g/mol. The van der Waals surface area contributed by atoms with Crippen molar-refractivity contribution in [2.24, 2.45) is 5.92 Å². The number of hydrogen-bond donors (Lipinski definition) is 4. The second-order valence-corrected chi connectivity index (χ2v) is 13.2. The summed E-state index contributed by atoms with van der Waals surface area (Å²) in [4.78, 5) is 37.1. The summed E-state index contributed by atoms with van der Waals surface area (Å²) in [5.74, 6) is 2.13. The van der Waals surface area contributed by atoms with E-state index in [9.17, 15) is 9.69 Å². The van der Waals surface area contributed by atoms with Gasteiger partial charge in [0.05, 0.1) is 0 Å². The minimum atomic E-state index is -2.69. The van der Waals surface area contributed by atoms with Crippen LogP contribution in [0.4, 0.5) is 17.5 Å². The number of amides is 1. The molecule has 0 radical (unpaired) electrons. The fourth-order valence-corrected chi connectivity index (χ4v) is 7.30. The number of nitrogens with one attached hydrogen (secondary N) is 3. The molecule has 0 saturated carbocycles. The first kappa shape index (κ1) is 24.5. The van der Waals surface area contributed by atoms with Crippen LogP contribution in [-0.2, 0) is 4.79 Å². The third-order valence-corrected chi connectivity index (χ3v) is 9.97. The molecule has 0 spiro atoms. The van der Waals surface area contributed by atoms with E-state index in [4.69, 9.17) is 16.3 Å². The number of nitrogens with zero attached hydrogens (tertiary/aromatic N) is 3. The normalized spacial score (nSPS) is 16.5. The average Bonchev–Trinajstić information content (AvgIpc) is 3.18. The van der Waals surface area contributed by atoms with E-state index in [-0.39, 0.29) is 5.91 Å². The van der Waals surface area contributed by atoms with Gasteiger partial charge in [0.1, 0.15) is 0 Å². The second kappa shape index (κ2) is 9.94. The summed E-state index contributed by atoms with van der Waals surface area (Å²) in [6.45, 7) is 7.72. The third kappa shape index (κ3) is 5.06. The van der Waals surface area contributed by atoms with Crippen molar-refractivity contribution in [1.82, 2.24) is 19.9 Å². The predicted molar refractivity (Wildman–Crippen MR) is 141 cm³/mol. The van der Waals surface area contributed by atoms with Gasteiger partial charge in [-0.05, 0) is 0 Å². The SMILES string of the molecule is COc1cc([PH]2(O)CCN(C(C)=O)CC2)ccc1Nc1nc(NCC(C)C)c2c(Cl)c[nH]c2n1. The summed E-state index contributed by atoms with van der Waals surface area (Å²) in [5, 5.41) is 8.81. The number of H-pyrrole nitrogens is 1. The monoisotopic (exact) mass is 506 g/mol. The van der Waals surface area contributed by atoms with Crippen molar-refractivity contribution in [2.75, 3.05) is 49.7 Å². The van der Waals surface area contributed by atoms with E-state index in [1.54, 1.807) is 25.1 Å². The molecule has 11 heteroatoms. The van der Waals surface area contributed by atoms with E-state index in [0.717, 1.165) is 17.2 Å². The molecule has 2 aromatic heterocycles. The van der Waals surface area contributed by atoms with Gasteiger partial charge >= 0.3 is 205 Å². The van der Waals surface area contributed by atoms with Crippen LogP contribution in [0.1, 0.15) is 20.8 Å². The van der Waals surface area contributed by atoms with Crippen LogP contribution < -0.4 is 20.7 Å². The fourth-order valence-electron chi connectivity index (χ4n) is 4.16. The Morgan fingerprint density at radius 1 is 1.32 bits per heavy atom. The standard InChI is InChI=1S/C23H32ClN6O3P/c1-14(2)12-25-21-20-17(24)13-26-22(20)29-23(28-21)27-18-6-5-16(11-19(18)33-4)34(32)9-7-30(8-10-34)15(3)31/h5-6,11,13-14,32,34H,7-10,12H2,1-4H3,(H3,25,26,27,28,29). The van der Waals surface area contributed by atoms with Gasteiger partial charge in [-0.25, -0.2) is 0 Å². The third-order valence-electron chi connectivity index (χ3n) is 6.18. The van der Waals surface area contributed by atoms with Gasteiger partial charge in [-0.2, -0.15) is 0 Å². The molecule has 4 rings (SSSR count). The zero-order valence-electron chi connectivity index (χ0n) is 19.9. The van der Waals surface area contributed by atoms with Crippen LogP contribution in [0.25, 0.3) is 11.0 Å². The molecule has 1 saturated heterocycles. The number of rotatable bonds is 7. The Labute approximate surface area is 204 Å². The zero-order chi connectivity index (χ0) is 24.5. The van der Waals surface area contributed by atoms with Gasteiger partial charge in [-0.3, -0.25) is 0 Å². The summed E-state index contributed by atoms with van der Waals surface area (Å²) >= 11 is 6.35. The maximum absolute atomic E-state index is 11.7. The number of halogens is 1. The first-order valence-corrected chi connectivity index (χ1v) is 14.2. The first-order chi connectivity index (χ1) is 16.2. The Morgan fingerprint density at radius 3 is 2.71 bits per heavy atom. The molecule has 184 valence electrons. The second-order valence-electron chi connectivity index (χ2n) is 9.11. The van der Waals surface area contributed by atoms with Gasteiger partial charge in [0.15, 0.2) is 0 Å². The molecule has 0 bridgehead atoms. The van der Waals surface area contributed by atoms with Crippen molar-refractivity contribution in [3.05, 3.63) is 29.4 Å². The molecule has 3 heterocycles. The molecular weight excluding hydrogens is 475 g/mol. The molecule has 34 heavy (non-hydrogen) atoms. The van der Waals surface area contributed by atoms with Gasteiger partial charge in [0.25, 0.3) is 0 Å². The Hall–Kier alpha value is -2.61. The Kier molecular flexibility index (Phi) is 7.17. The number of benzene rings is 1. The van der Waals surface area contributed by atoms with E-state index in [1.165, 1.54) is 0 Å². The number of anilines is 3. The summed E-state index contributed by atoms with van der Waals surface area (Å²) in [6.07, 6.45) is 2.92. The molecule has 0 atom stereocenters. The molecule has 0 aliphatic carbocycles. The molecular formula is C23H32ClN6O3P. The van der Waals surface area contributed by atoms with Crippen molar-refractivity contribution in [3.63, 3.8) is 0 Å². The molecule has 4 N–H and O–H groups in total. The van der Waals surface area contributed by atoms with Crippen LogP contribution in [0.5, 0.6) is 5.75 Å². The molecule has 9 nitrogen and oxygen atoms in total. The fraction of sp³-hybridized carbons (Fsp3) is 0.435. The van der Waals surface area contributed by atoms with E-state index in [1.807, 2.05) is 18.2 Å². The number of aromatic nitrogens is 3. The van der Waals surface area contributed by atoms with Crippen molar-refractivity contribution < 1.29 is 14.4 Å². The van der Waals surface area contributed by atoms with Crippen molar-refractivity contribution in [2.45, 2.75) is 20.8 Å². The quantitative estimate of drug-likeness (QED) is 0.362. The van der Waals surface area contributed by atoms with Crippen LogP contribution in [-0.4, -0.2) is 69.7 Å². The summed E-state index contributed by atoms with van der Waals surface area (Å²) in [5.41, 5.74) is 1.32. The van der Waals surface area contributed by atoms with Gasteiger partial charge in [-0.1, -0.05) is 0 Å². The number of carbonyl (C=O) groups excluding carboxylic acids is 1. The minimum absolute atomic E-state index is 0.0516. The number of ether oxygens (including phenoxy) is 1. The van der Waals surface area contributed by atoms with E-state index >= 15 is 0 Å². The molecule has 1 aliphatic rings. The van der Waals surface area contributed by atoms with Crippen molar-refractivity contribution >= 4 is 58.8 Å². The Bertz CT molecular complexity index is 1190. The zero-order valence-corrected chi connectivity index (χ0v) is 21.7. The van der Waals surface area contributed by atoms with Crippen LogP contribution >= 0.6 is 19.1 Å². The number of hydrogen-bond acceptors (Lipinski definition) is 7. The molecule has 0 unspecified atom stereocenters. The van der Waals surface area contributed by atoms with Gasteiger partial charge in [-0.15, -0.1) is 0 Å². The predicted octanol–water partition coefficient (Wildman–Crippen LogP) is 3.58. The first-order valence-electron chi connectivity index (χ1n) is 11.4. The van der Waals surface area contributed by atoms with Gasteiger partial charge < -0.3 is 0 Å².